The summed E-state index contributed by atoms with van der Waals surface area (Å²) in [6.45, 7) is 5.28. The zero-order valence-electron chi connectivity index (χ0n) is 15.5. The van der Waals surface area contributed by atoms with Crippen molar-refractivity contribution in [2.45, 2.75) is 45.3 Å². The first kappa shape index (κ1) is 22.1. The van der Waals surface area contributed by atoms with E-state index in [2.05, 4.69) is 42.8 Å². The van der Waals surface area contributed by atoms with Gasteiger partial charge in [0.2, 0.25) is 0 Å². The summed E-state index contributed by atoms with van der Waals surface area (Å²) in [6, 6.07) is 4.08. The van der Waals surface area contributed by atoms with Gasteiger partial charge in [0.15, 0.2) is 0 Å². The number of hydrogen-bond donors (Lipinski definition) is 1. The van der Waals surface area contributed by atoms with Gasteiger partial charge in [0.25, 0.3) is 0 Å². The van der Waals surface area contributed by atoms with Crippen LogP contribution in [-0.2, 0) is 4.79 Å². The van der Waals surface area contributed by atoms with Gasteiger partial charge in [-0.15, -0.1) is 35.1 Å². The molecular formula is C20H25ClFNO2S2. The topological polar surface area (TPSA) is 40.5 Å². The van der Waals surface area contributed by atoms with Gasteiger partial charge in [0.05, 0.1) is 6.42 Å². The van der Waals surface area contributed by atoms with E-state index >= 15 is 0 Å². The van der Waals surface area contributed by atoms with E-state index in [-0.39, 0.29) is 24.9 Å². The SMILES string of the molecule is Cc1ccsc1C(=CCCN1C[C@@H](F)C[C@@H]1CC(=O)O)c1sccc1C.Cl. The summed E-state index contributed by atoms with van der Waals surface area (Å²) in [5.41, 5.74) is 3.78. The van der Waals surface area contributed by atoms with Crippen LogP contribution >= 0.6 is 35.1 Å². The summed E-state index contributed by atoms with van der Waals surface area (Å²) in [4.78, 5) is 15.6. The summed E-state index contributed by atoms with van der Waals surface area (Å²) >= 11 is 3.49. The molecule has 3 rings (SSSR count). The molecule has 7 heteroatoms. The van der Waals surface area contributed by atoms with Crippen LogP contribution < -0.4 is 0 Å². The fourth-order valence-electron chi connectivity index (χ4n) is 3.57. The summed E-state index contributed by atoms with van der Waals surface area (Å²) in [5.74, 6) is -0.853. The molecule has 2 aromatic rings. The first-order valence-corrected chi connectivity index (χ1v) is 10.6. The van der Waals surface area contributed by atoms with E-state index in [9.17, 15) is 9.18 Å². The maximum atomic E-state index is 13.8. The van der Waals surface area contributed by atoms with Crippen LogP contribution in [-0.4, -0.2) is 41.3 Å². The van der Waals surface area contributed by atoms with Crippen LogP contribution in [0, 0.1) is 13.8 Å². The van der Waals surface area contributed by atoms with Gasteiger partial charge in [0, 0.05) is 34.5 Å². The normalized spacial score (nSPS) is 19.7. The summed E-state index contributed by atoms with van der Waals surface area (Å²) in [6.07, 6.45) is 2.46. The Morgan fingerprint density at radius 1 is 1.26 bits per heavy atom. The van der Waals surface area contributed by atoms with E-state index < -0.39 is 12.1 Å². The second kappa shape index (κ2) is 9.82. The van der Waals surface area contributed by atoms with Crippen LogP contribution in [0.25, 0.3) is 5.57 Å². The average Bonchev–Trinajstić information content (AvgIpc) is 3.26. The lowest BCUT2D eigenvalue weighted by Crippen LogP contribution is -2.32. The van der Waals surface area contributed by atoms with Crippen LogP contribution in [0.4, 0.5) is 4.39 Å². The van der Waals surface area contributed by atoms with Crippen molar-refractivity contribution < 1.29 is 14.3 Å². The number of aliphatic carboxylic acids is 1. The number of carboxylic acid groups (broad SMARTS) is 1. The fourth-order valence-corrected chi connectivity index (χ4v) is 5.58. The third-order valence-electron chi connectivity index (χ3n) is 4.87. The Morgan fingerprint density at radius 2 is 1.85 bits per heavy atom. The number of halogens is 2. The van der Waals surface area contributed by atoms with Crippen molar-refractivity contribution >= 4 is 46.6 Å². The number of carboxylic acids is 1. The summed E-state index contributed by atoms with van der Waals surface area (Å²) < 4.78 is 13.8. The molecule has 0 aliphatic carbocycles. The van der Waals surface area contributed by atoms with Crippen molar-refractivity contribution in [1.29, 1.82) is 0 Å². The molecule has 0 bridgehead atoms. The van der Waals surface area contributed by atoms with Crippen molar-refractivity contribution in [1.82, 2.24) is 4.90 Å². The summed E-state index contributed by atoms with van der Waals surface area (Å²) in [5, 5.41) is 13.3. The minimum atomic E-state index is -0.915. The monoisotopic (exact) mass is 429 g/mol. The van der Waals surface area contributed by atoms with Crippen molar-refractivity contribution in [2.24, 2.45) is 0 Å². The molecule has 1 aliphatic heterocycles. The third kappa shape index (κ3) is 5.41. The van der Waals surface area contributed by atoms with Gasteiger partial charge in [-0.25, -0.2) is 4.39 Å². The Hall–Kier alpha value is -1.21. The Kier molecular flexibility index (Phi) is 8.04. The van der Waals surface area contributed by atoms with Crippen molar-refractivity contribution in [3.05, 3.63) is 49.9 Å². The lowest BCUT2D eigenvalue weighted by atomic mass is 10.1. The predicted molar refractivity (Wildman–Crippen MR) is 114 cm³/mol. The number of carbonyl (C=O) groups is 1. The largest absolute Gasteiger partial charge is 0.481 e. The second-order valence-electron chi connectivity index (χ2n) is 6.85. The molecule has 2 atom stereocenters. The first-order valence-electron chi connectivity index (χ1n) is 8.84. The molecule has 1 saturated heterocycles. The van der Waals surface area contributed by atoms with Gasteiger partial charge in [-0.05, 0) is 60.7 Å². The quantitative estimate of drug-likeness (QED) is 0.626. The molecule has 1 fully saturated rings. The third-order valence-corrected chi connectivity index (χ3v) is 6.96. The molecule has 27 heavy (non-hydrogen) atoms. The van der Waals surface area contributed by atoms with Crippen LogP contribution in [0.3, 0.4) is 0 Å². The van der Waals surface area contributed by atoms with Crippen LogP contribution in [0.15, 0.2) is 29.0 Å². The van der Waals surface area contributed by atoms with Gasteiger partial charge in [-0.2, -0.15) is 0 Å². The van der Waals surface area contributed by atoms with E-state index in [1.165, 1.54) is 26.5 Å². The number of nitrogens with zero attached hydrogens (tertiary/aromatic N) is 1. The highest BCUT2D eigenvalue weighted by molar-refractivity contribution is 7.14. The lowest BCUT2D eigenvalue weighted by Gasteiger charge is -2.22. The van der Waals surface area contributed by atoms with Gasteiger partial charge in [0.1, 0.15) is 6.17 Å². The lowest BCUT2D eigenvalue weighted by molar-refractivity contribution is -0.138. The standard InChI is InChI=1S/C20H24FNO2S2.ClH/c1-13-5-8-25-19(13)17(20-14(2)6-9-26-20)4-3-7-22-12-15(21)10-16(22)11-18(23)24;/h4-6,8-9,15-16H,3,7,10-12H2,1-2H3,(H,23,24);1H/t15-,16+;/m0./s1. The first-order chi connectivity index (χ1) is 12.5. The van der Waals surface area contributed by atoms with Gasteiger partial charge < -0.3 is 5.11 Å². The van der Waals surface area contributed by atoms with Crippen LogP contribution in [0.5, 0.6) is 0 Å². The highest BCUT2D eigenvalue weighted by Gasteiger charge is 2.32. The van der Waals surface area contributed by atoms with Crippen molar-refractivity contribution in [2.75, 3.05) is 13.1 Å². The van der Waals surface area contributed by atoms with Gasteiger partial charge in [-0.1, -0.05) is 6.08 Å². The second-order valence-corrected chi connectivity index (χ2v) is 8.68. The number of aryl methyl sites for hydroxylation is 2. The Morgan fingerprint density at radius 3 is 2.33 bits per heavy atom. The Bertz CT molecular complexity index is 759. The number of thiophene rings is 2. The van der Waals surface area contributed by atoms with E-state index in [0.717, 1.165) is 6.42 Å². The molecular weight excluding hydrogens is 405 g/mol. The summed E-state index contributed by atoms with van der Waals surface area (Å²) in [7, 11) is 0. The maximum absolute atomic E-state index is 13.8. The highest BCUT2D eigenvalue weighted by Crippen LogP contribution is 2.35. The van der Waals surface area contributed by atoms with E-state index in [4.69, 9.17) is 5.11 Å². The smallest absolute Gasteiger partial charge is 0.304 e. The highest BCUT2D eigenvalue weighted by atomic mass is 35.5. The number of alkyl halides is 1. The van der Waals surface area contributed by atoms with E-state index in [1.807, 2.05) is 4.90 Å². The van der Waals surface area contributed by atoms with Gasteiger partial charge >= 0.3 is 5.97 Å². The molecule has 148 valence electrons. The molecule has 3 heterocycles. The number of hydrogen-bond acceptors (Lipinski definition) is 4. The number of likely N-dealkylation sites (tertiary alicyclic amines) is 1. The molecule has 0 aromatic carbocycles. The average molecular weight is 430 g/mol. The molecule has 2 aromatic heterocycles. The zero-order chi connectivity index (χ0) is 18.7. The Labute approximate surface area is 173 Å². The molecule has 1 N–H and O–H groups in total. The van der Waals surface area contributed by atoms with Crippen LogP contribution in [0.2, 0.25) is 0 Å². The molecule has 1 aliphatic rings. The zero-order valence-corrected chi connectivity index (χ0v) is 17.9. The molecule has 0 spiro atoms. The Balaban J connectivity index is 0.00000261. The fraction of sp³-hybridized carbons (Fsp3) is 0.450. The van der Waals surface area contributed by atoms with E-state index in [1.54, 1.807) is 22.7 Å². The van der Waals surface area contributed by atoms with Crippen LogP contribution in [0.1, 0.15) is 40.1 Å². The molecule has 3 nitrogen and oxygen atoms in total. The minimum absolute atomic E-state index is 0. The number of rotatable bonds is 7. The minimum Gasteiger partial charge on any atom is -0.481 e. The van der Waals surface area contributed by atoms with Gasteiger partial charge in [-0.3, -0.25) is 9.69 Å². The molecule has 0 radical (unpaired) electrons. The predicted octanol–water partition coefficient (Wildman–Crippen LogP) is 5.56. The van der Waals surface area contributed by atoms with Crippen molar-refractivity contribution in [3.8, 4) is 0 Å². The molecule has 0 amide bonds. The van der Waals surface area contributed by atoms with Crippen molar-refractivity contribution in [3.63, 3.8) is 0 Å². The maximum Gasteiger partial charge on any atom is 0.304 e. The molecule has 0 saturated carbocycles. The van der Waals surface area contributed by atoms with E-state index in [0.29, 0.717) is 19.5 Å². The molecule has 0 unspecified atom stereocenters.